The Bertz CT molecular complexity index is 794. The number of hydrogen-bond donors (Lipinski definition) is 4. The first-order valence-corrected chi connectivity index (χ1v) is 9.58. The molecule has 0 heterocycles. The van der Waals surface area contributed by atoms with Gasteiger partial charge in [-0.2, -0.15) is 0 Å². The van der Waals surface area contributed by atoms with Crippen LogP contribution in [0.5, 0.6) is 11.5 Å². The predicted octanol–water partition coefficient (Wildman–Crippen LogP) is 2.18. The maximum absolute atomic E-state index is 14.5. The van der Waals surface area contributed by atoms with Gasteiger partial charge < -0.3 is 29.9 Å². The van der Waals surface area contributed by atoms with E-state index >= 15 is 0 Å². The fraction of sp³-hybridized carbons (Fsp3) is 0.429. The van der Waals surface area contributed by atoms with Gasteiger partial charge in [0, 0.05) is 5.41 Å². The highest BCUT2D eigenvalue weighted by molar-refractivity contribution is 6.18. The molecule has 1 atom stereocenters. The van der Waals surface area contributed by atoms with E-state index in [2.05, 4.69) is 0 Å². The molecule has 0 saturated heterocycles. The van der Waals surface area contributed by atoms with Crippen molar-refractivity contribution < 1.29 is 34.3 Å². The lowest BCUT2D eigenvalue weighted by Crippen LogP contribution is -2.37. The van der Waals surface area contributed by atoms with Gasteiger partial charge in [-0.3, -0.25) is 0 Å². The molecule has 0 radical (unpaired) electrons. The second-order valence-electron chi connectivity index (χ2n) is 7.35. The molecule has 160 valence electrons. The standard InChI is InChI=1S/C21H26ClFO6/c1-20(2,14-3-6-17(7-4-14)28-11-16(25)10-24)15-5-8-19(18(23)9-15)29-13-21(26,27)12-22/h3-9,16,24-27H,10-13H2,1-2H3/t16-/m1/s1. The van der Waals surface area contributed by atoms with Crippen molar-refractivity contribution in [3.8, 4) is 11.5 Å². The molecular weight excluding hydrogens is 403 g/mol. The van der Waals surface area contributed by atoms with E-state index in [0.717, 1.165) is 5.56 Å². The van der Waals surface area contributed by atoms with Gasteiger partial charge in [0.05, 0.1) is 12.5 Å². The second-order valence-corrected chi connectivity index (χ2v) is 7.61. The van der Waals surface area contributed by atoms with Crippen LogP contribution in [0.4, 0.5) is 4.39 Å². The maximum atomic E-state index is 14.5. The van der Waals surface area contributed by atoms with Crippen LogP contribution in [0.2, 0.25) is 0 Å². The van der Waals surface area contributed by atoms with Crippen molar-refractivity contribution in [2.24, 2.45) is 0 Å². The molecule has 0 fully saturated rings. The zero-order valence-corrected chi connectivity index (χ0v) is 17.1. The molecule has 2 aromatic rings. The van der Waals surface area contributed by atoms with Gasteiger partial charge in [-0.15, -0.1) is 11.6 Å². The molecule has 2 rings (SSSR count). The highest BCUT2D eigenvalue weighted by atomic mass is 35.5. The van der Waals surface area contributed by atoms with Crippen molar-refractivity contribution in [3.63, 3.8) is 0 Å². The summed E-state index contributed by atoms with van der Waals surface area (Å²) in [6, 6.07) is 11.6. The minimum atomic E-state index is -2.23. The molecule has 29 heavy (non-hydrogen) atoms. The number of rotatable bonds is 10. The number of aliphatic hydroxyl groups is 4. The third kappa shape index (κ3) is 6.29. The summed E-state index contributed by atoms with van der Waals surface area (Å²) in [5.74, 6) is -2.88. The van der Waals surface area contributed by atoms with Crippen LogP contribution in [0.25, 0.3) is 0 Å². The number of alkyl halides is 1. The molecule has 0 bridgehead atoms. The van der Waals surface area contributed by atoms with Crippen molar-refractivity contribution in [1.82, 2.24) is 0 Å². The Hall–Kier alpha value is -1.90. The Labute approximate surface area is 174 Å². The minimum Gasteiger partial charge on any atom is -0.491 e. The smallest absolute Gasteiger partial charge is 0.211 e. The molecule has 0 aliphatic heterocycles. The van der Waals surface area contributed by atoms with E-state index in [9.17, 15) is 19.7 Å². The molecule has 0 spiro atoms. The lowest BCUT2D eigenvalue weighted by molar-refractivity contribution is -0.162. The Balaban J connectivity index is 2.13. The highest BCUT2D eigenvalue weighted by Crippen LogP contribution is 2.34. The van der Waals surface area contributed by atoms with E-state index in [-0.39, 0.29) is 19.0 Å². The largest absolute Gasteiger partial charge is 0.491 e. The fourth-order valence-electron chi connectivity index (χ4n) is 2.62. The van der Waals surface area contributed by atoms with Crippen LogP contribution in [-0.4, -0.2) is 58.0 Å². The van der Waals surface area contributed by atoms with Gasteiger partial charge in [0.1, 0.15) is 25.1 Å². The Morgan fingerprint density at radius 3 is 2.21 bits per heavy atom. The number of ether oxygens (including phenoxy) is 2. The zero-order chi connectivity index (χ0) is 21.7. The van der Waals surface area contributed by atoms with Crippen LogP contribution in [0.1, 0.15) is 25.0 Å². The number of hydrogen-bond acceptors (Lipinski definition) is 6. The first-order valence-electron chi connectivity index (χ1n) is 9.05. The van der Waals surface area contributed by atoms with E-state index < -0.39 is 35.6 Å². The van der Waals surface area contributed by atoms with Crippen LogP contribution < -0.4 is 9.47 Å². The minimum absolute atomic E-state index is 0.0153. The normalized spacial score (nSPS) is 13.2. The van der Waals surface area contributed by atoms with Crippen molar-refractivity contribution in [2.75, 3.05) is 25.7 Å². The molecule has 8 heteroatoms. The van der Waals surface area contributed by atoms with Gasteiger partial charge in [-0.1, -0.05) is 32.0 Å². The summed E-state index contributed by atoms with van der Waals surface area (Å²) >= 11 is 5.40. The summed E-state index contributed by atoms with van der Waals surface area (Å²) in [5, 5.41) is 37.1. The molecular formula is C21H26ClFO6. The van der Waals surface area contributed by atoms with Gasteiger partial charge in [0.15, 0.2) is 11.6 Å². The van der Waals surface area contributed by atoms with E-state index in [4.69, 9.17) is 26.2 Å². The fourth-order valence-corrected chi connectivity index (χ4v) is 2.70. The van der Waals surface area contributed by atoms with Gasteiger partial charge in [0.25, 0.3) is 0 Å². The molecule has 6 nitrogen and oxygen atoms in total. The van der Waals surface area contributed by atoms with Gasteiger partial charge >= 0.3 is 0 Å². The Morgan fingerprint density at radius 2 is 1.66 bits per heavy atom. The zero-order valence-electron chi connectivity index (χ0n) is 16.3. The van der Waals surface area contributed by atoms with Crippen LogP contribution in [0.15, 0.2) is 42.5 Å². The molecule has 0 aromatic heterocycles. The topological polar surface area (TPSA) is 99.4 Å². The van der Waals surface area contributed by atoms with E-state index in [1.807, 2.05) is 26.0 Å². The Kier molecular flexibility index (Phi) is 7.85. The Morgan fingerprint density at radius 1 is 1.03 bits per heavy atom. The van der Waals surface area contributed by atoms with Crippen molar-refractivity contribution >= 4 is 11.6 Å². The summed E-state index contributed by atoms with van der Waals surface area (Å²) < 4.78 is 25.0. The lowest BCUT2D eigenvalue weighted by atomic mass is 9.78. The SMILES string of the molecule is CC(C)(c1ccc(OC[C@H](O)CO)cc1)c1ccc(OCC(O)(O)CCl)c(F)c1. The summed E-state index contributed by atoms with van der Waals surface area (Å²) in [4.78, 5) is 0. The van der Waals surface area contributed by atoms with Crippen LogP contribution in [0, 0.1) is 5.82 Å². The number of benzene rings is 2. The molecule has 0 amide bonds. The molecule has 0 aliphatic rings. The quantitative estimate of drug-likeness (QED) is 0.342. The first kappa shape index (κ1) is 23.4. The average molecular weight is 429 g/mol. The first-order chi connectivity index (χ1) is 13.6. The molecule has 2 aromatic carbocycles. The molecule has 0 aliphatic carbocycles. The monoisotopic (exact) mass is 428 g/mol. The predicted molar refractivity (Wildman–Crippen MR) is 107 cm³/mol. The second kappa shape index (κ2) is 9.73. The molecule has 4 N–H and O–H groups in total. The van der Waals surface area contributed by atoms with E-state index in [1.165, 1.54) is 12.1 Å². The molecule has 0 saturated carbocycles. The van der Waals surface area contributed by atoms with E-state index in [0.29, 0.717) is 11.3 Å². The van der Waals surface area contributed by atoms with E-state index in [1.54, 1.807) is 18.2 Å². The average Bonchev–Trinajstić information content (AvgIpc) is 2.71. The third-order valence-electron chi connectivity index (χ3n) is 4.56. The van der Waals surface area contributed by atoms with Crippen molar-refractivity contribution in [2.45, 2.75) is 31.2 Å². The lowest BCUT2D eigenvalue weighted by Gasteiger charge is -2.27. The van der Waals surface area contributed by atoms with Gasteiger partial charge in [0.2, 0.25) is 5.79 Å². The van der Waals surface area contributed by atoms with Gasteiger partial charge in [-0.25, -0.2) is 4.39 Å². The maximum Gasteiger partial charge on any atom is 0.211 e. The molecule has 0 unspecified atom stereocenters. The summed E-state index contributed by atoms with van der Waals surface area (Å²) in [5.41, 5.74) is 1.08. The third-order valence-corrected chi connectivity index (χ3v) is 4.98. The highest BCUT2D eigenvalue weighted by Gasteiger charge is 2.26. The van der Waals surface area contributed by atoms with Crippen molar-refractivity contribution in [3.05, 3.63) is 59.4 Å². The van der Waals surface area contributed by atoms with Crippen LogP contribution in [-0.2, 0) is 5.41 Å². The summed E-state index contributed by atoms with van der Waals surface area (Å²) in [6.07, 6.45) is -0.943. The number of aliphatic hydroxyl groups excluding tert-OH is 2. The van der Waals surface area contributed by atoms with Crippen molar-refractivity contribution in [1.29, 1.82) is 0 Å². The van der Waals surface area contributed by atoms with Crippen LogP contribution in [0.3, 0.4) is 0 Å². The van der Waals surface area contributed by atoms with Gasteiger partial charge in [-0.05, 0) is 35.4 Å². The summed E-state index contributed by atoms with van der Waals surface area (Å²) in [6.45, 7) is 2.93. The summed E-state index contributed by atoms with van der Waals surface area (Å²) in [7, 11) is 0. The number of halogens is 2. The van der Waals surface area contributed by atoms with Crippen LogP contribution >= 0.6 is 11.6 Å².